The molecule has 0 unspecified atom stereocenters. The molecule has 0 aromatic heterocycles. The van der Waals surface area contributed by atoms with Gasteiger partial charge in [-0.1, -0.05) is 30.3 Å². The molecule has 3 atom stereocenters. The molecule has 4 amide bonds. The number of carboxylic acid groups (broad SMARTS) is 1. The van der Waals surface area contributed by atoms with E-state index in [1.54, 1.807) is 36.6 Å². The summed E-state index contributed by atoms with van der Waals surface area (Å²) in [6.07, 6.45) is 1.69. The van der Waals surface area contributed by atoms with Gasteiger partial charge in [0, 0.05) is 40.8 Å². The standard InChI is InChI=1S/C39H39F4N5O7S/c1-56-12-11-32(39(54)55)48-38(53)33(16-21-5-3-2-4-6-21)47-35(50)20-45-34(49)19-46-37(52)31(44)15-22-13-27(25-9-7-23(40)17-29(25)42)36(51)28(14-22)26-10-8-24(41)18-30(26)43/h2-10,13-14,17-18,31-33,51H,11-12,15-16,19-20,44H2,1H3,(H,45,49)(H,46,52)(H,47,50)(H,48,53)(H,54,55)/t31-,32-,33-/m0/s1. The maximum atomic E-state index is 14.8. The van der Waals surface area contributed by atoms with Crippen molar-refractivity contribution >= 4 is 41.4 Å². The fraction of sp³-hybridized carbons (Fsp3) is 0.256. The minimum Gasteiger partial charge on any atom is -0.507 e. The number of aliphatic carboxylic acids is 1. The molecular weight excluding hydrogens is 759 g/mol. The highest BCUT2D eigenvalue weighted by atomic mass is 32.2. The highest BCUT2D eigenvalue weighted by Gasteiger charge is 2.27. The van der Waals surface area contributed by atoms with Crippen molar-refractivity contribution < 1.29 is 51.7 Å². The van der Waals surface area contributed by atoms with Gasteiger partial charge in [0.05, 0.1) is 19.1 Å². The average molecular weight is 798 g/mol. The van der Waals surface area contributed by atoms with E-state index < -0.39 is 89.8 Å². The molecule has 56 heavy (non-hydrogen) atoms. The number of thioether (sulfide) groups is 1. The summed E-state index contributed by atoms with van der Waals surface area (Å²) in [6, 6.07) is 12.7. The number of rotatable bonds is 18. The number of nitrogens with two attached hydrogens (primary N) is 1. The van der Waals surface area contributed by atoms with Crippen molar-refractivity contribution in [3.63, 3.8) is 0 Å². The molecule has 0 spiro atoms. The molecule has 4 rings (SSSR count). The van der Waals surface area contributed by atoms with Gasteiger partial charge in [0.25, 0.3) is 0 Å². The third-order valence-corrected chi connectivity index (χ3v) is 9.08. The van der Waals surface area contributed by atoms with Gasteiger partial charge >= 0.3 is 5.97 Å². The van der Waals surface area contributed by atoms with Crippen LogP contribution in [0.25, 0.3) is 22.3 Å². The Balaban J connectivity index is 1.39. The second-order valence-electron chi connectivity index (χ2n) is 12.6. The summed E-state index contributed by atoms with van der Waals surface area (Å²) in [7, 11) is 0. The van der Waals surface area contributed by atoms with Gasteiger partial charge in [-0.25, -0.2) is 22.4 Å². The summed E-state index contributed by atoms with van der Waals surface area (Å²) in [6.45, 7) is -1.23. The summed E-state index contributed by atoms with van der Waals surface area (Å²) >= 11 is 1.41. The number of hydrogen-bond acceptors (Lipinski definition) is 8. The quantitative estimate of drug-likeness (QED) is 0.0738. The second-order valence-corrected chi connectivity index (χ2v) is 13.6. The second kappa shape index (κ2) is 20.1. The monoisotopic (exact) mass is 797 g/mol. The number of phenols is 1. The summed E-state index contributed by atoms with van der Waals surface area (Å²) in [5.41, 5.74) is 6.09. The zero-order chi connectivity index (χ0) is 40.9. The van der Waals surface area contributed by atoms with Crippen LogP contribution in [0.15, 0.2) is 78.9 Å². The number of carbonyl (C=O) groups is 5. The largest absolute Gasteiger partial charge is 0.507 e. The number of hydrogen-bond donors (Lipinski definition) is 7. The summed E-state index contributed by atoms with van der Waals surface area (Å²) < 4.78 is 57.0. The van der Waals surface area contributed by atoms with Gasteiger partial charge < -0.3 is 37.2 Å². The van der Waals surface area contributed by atoms with Crippen molar-refractivity contribution in [1.82, 2.24) is 21.3 Å². The van der Waals surface area contributed by atoms with E-state index in [1.165, 1.54) is 23.9 Å². The van der Waals surface area contributed by atoms with Gasteiger partial charge in [0.15, 0.2) is 0 Å². The lowest BCUT2D eigenvalue weighted by Gasteiger charge is -2.22. The van der Waals surface area contributed by atoms with Crippen LogP contribution in [0.3, 0.4) is 0 Å². The number of amides is 4. The molecule has 296 valence electrons. The molecule has 0 aliphatic heterocycles. The van der Waals surface area contributed by atoms with Crippen LogP contribution in [-0.2, 0) is 36.8 Å². The van der Waals surface area contributed by atoms with Crippen LogP contribution in [0, 0.1) is 23.3 Å². The number of aromatic hydroxyl groups is 1. The molecule has 0 fully saturated rings. The summed E-state index contributed by atoms with van der Waals surface area (Å²) in [5, 5.41) is 30.2. The molecule has 0 heterocycles. The molecule has 4 aromatic rings. The zero-order valence-corrected chi connectivity index (χ0v) is 30.7. The number of nitrogens with one attached hydrogen (secondary N) is 4. The zero-order valence-electron chi connectivity index (χ0n) is 29.9. The number of carboxylic acids is 1. The van der Waals surface area contributed by atoms with Crippen molar-refractivity contribution in [3.05, 3.63) is 113 Å². The van der Waals surface area contributed by atoms with E-state index in [4.69, 9.17) is 5.73 Å². The third-order valence-electron chi connectivity index (χ3n) is 8.43. The van der Waals surface area contributed by atoms with Crippen molar-refractivity contribution in [3.8, 4) is 28.0 Å². The van der Waals surface area contributed by atoms with E-state index >= 15 is 0 Å². The first kappa shape index (κ1) is 42.8. The SMILES string of the molecule is CSCC[C@H](NC(=O)[C@H](Cc1ccccc1)NC(=O)CNC(=O)CNC(=O)[C@@H](N)Cc1cc(-c2ccc(F)cc2F)c(O)c(-c2ccc(F)cc2F)c1)C(=O)O. The van der Waals surface area contributed by atoms with Crippen molar-refractivity contribution in [2.45, 2.75) is 37.4 Å². The van der Waals surface area contributed by atoms with Crippen LogP contribution in [0.2, 0.25) is 0 Å². The first-order chi connectivity index (χ1) is 26.7. The summed E-state index contributed by atoms with van der Waals surface area (Å²) in [4.78, 5) is 63.1. The van der Waals surface area contributed by atoms with Crippen LogP contribution < -0.4 is 27.0 Å². The predicted octanol–water partition coefficient (Wildman–Crippen LogP) is 3.43. The first-order valence-electron chi connectivity index (χ1n) is 17.1. The lowest BCUT2D eigenvalue weighted by atomic mass is 9.92. The van der Waals surface area contributed by atoms with Crippen molar-refractivity contribution in [1.29, 1.82) is 0 Å². The Morgan fingerprint density at radius 3 is 1.79 bits per heavy atom. The predicted molar refractivity (Wildman–Crippen MR) is 201 cm³/mol. The Bertz CT molecular complexity index is 2000. The fourth-order valence-corrected chi connectivity index (χ4v) is 6.07. The van der Waals surface area contributed by atoms with Gasteiger partial charge in [-0.05, 0) is 72.4 Å². The fourth-order valence-electron chi connectivity index (χ4n) is 5.59. The third kappa shape index (κ3) is 12.0. The molecule has 4 aromatic carbocycles. The van der Waals surface area contributed by atoms with Gasteiger partial charge in [0.2, 0.25) is 23.6 Å². The number of carbonyl (C=O) groups excluding carboxylic acids is 4. The van der Waals surface area contributed by atoms with E-state index in [1.807, 2.05) is 0 Å². The maximum absolute atomic E-state index is 14.8. The van der Waals surface area contributed by atoms with E-state index in [0.717, 1.165) is 24.3 Å². The Hall–Kier alpha value is -5.94. The molecule has 0 radical (unpaired) electrons. The van der Waals surface area contributed by atoms with Gasteiger partial charge in [-0.3, -0.25) is 19.2 Å². The normalized spacial score (nSPS) is 12.5. The topological polar surface area (TPSA) is 200 Å². The van der Waals surface area contributed by atoms with Gasteiger partial charge in [0.1, 0.15) is 41.1 Å². The number of halogens is 4. The minimum atomic E-state index is -1.35. The molecule has 8 N–H and O–H groups in total. The lowest BCUT2D eigenvalue weighted by molar-refractivity contribution is -0.142. The van der Waals surface area contributed by atoms with Crippen molar-refractivity contribution in [2.75, 3.05) is 25.1 Å². The molecule has 0 aliphatic carbocycles. The molecule has 12 nitrogen and oxygen atoms in total. The molecule has 17 heteroatoms. The highest BCUT2D eigenvalue weighted by molar-refractivity contribution is 7.98. The van der Waals surface area contributed by atoms with E-state index in [0.29, 0.717) is 23.4 Å². The first-order valence-corrected chi connectivity index (χ1v) is 18.5. The van der Waals surface area contributed by atoms with Gasteiger partial charge in [-0.2, -0.15) is 11.8 Å². The average Bonchev–Trinajstić information content (AvgIpc) is 3.15. The molecule has 0 bridgehead atoms. The minimum absolute atomic E-state index is 0.0247. The summed E-state index contributed by atoms with van der Waals surface area (Å²) in [5.74, 6) is -8.40. The molecule has 0 saturated carbocycles. The molecule has 0 saturated heterocycles. The number of phenolic OH excluding ortho intramolecular Hbond substituents is 1. The van der Waals surface area contributed by atoms with Crippen molar-refractivity contribution in [2.24, 2.45) is 5.73 Å². The van der Waals surface area contributed by atoms with E-state index in [9.17, 15) is 51.7 Å². The lowest BCUT2D eigenvalue weighted by Crippen LogP contribution is -2.54. The molecular formula is C39H39F4N5O7S. The maximum Gasteiger partial charge on any atom is 0.326 e. The Morgan fingerprint density at radius 2 is 1.25 bits per heavy atom. The van der Waals surface area contributed by atoms with Crippen LogP contribution in [0.5, 0.6) is 5.75 Å². The van der Waals surface area contributed by atoms with E-state index in [-0.39, 0.29) is 47.1 Å². The van der Waals surface area contributed by atoms with E-state index in [2.05, 4.69) is 21.3 Å². The smallest absolute Gasteiger partial charge is 0.326 e. The van der Waals surface area contributed by atoms with Crippen LogP contribution in [0.1, 0.15) is 17.5 Å². The van der Waals surface area contributed by atoms with Crippen LogP contribution >= 0.6 is 11.8 Å². The number of benzene rings is 4. The van der Waals surface area contributed by atoms with Crippen LogP contribution in [0.4, 0.5) is 17.6 Å². The Kier molecular flexibility index (Phi) is 15.4. The van der Waals surface area contributed by atoms with Gasteiger partial charge in [-0.15, -0.1) is 0 Å². The Morgan fingerprint density at radius 1 is 0.679 bits per heavy atom. The molecule has 0 aliphatic rings. The van der Waals surface area contributed by atoms with Crippen LogP contribution in [-0.4, -0.2) is 83.0 Å². The highest BCUT2D eigenvalue weighted by Crippen LogP contribution is 2.41. The Labute approximate surface area is 323 Å².